The van der Waals surface area contributed by atoms with E-state index in [1.165, 1.54) is 43.2 Å². The van der Waals surface area contributed by atoms with E-state index in [2.05, 4.69) is 71.0 Å². The SMILES string of the molecule is Cc1nc2ccccc2n1C1CC2CCC(C1)N2CCC1(c2ccccc2)CCN(C(=O)N(C)C)CC1. The Bertz CT molecular complexity index is 1230. The van der Waals surface area contributed by atoms with Gasteiger partial charge in [-0.15, -0.1) is 0 Å². The van der Waals surface area contributed by atoms with Crippen LogP contribution >= 0.6 is 0 Å². The lowest BCUT2D eigenvalue weighted by Gasteiger charge is -2.46. The number of fused-ring (bicyclic) bond motifs is 3. The van der Waals surface area contributed by atoms with Crippen LogP contribution < -0.4 is 0 Å². The van der Waals surface area contributed by atoms with E-state index in [4.69, 9.17) is 4.98 Å². The second-order valence-corrected chi connectivity index (χ2v) is 11.8. The Hall–Kier alpha value is -2.86. The van der Waals surface area contributed by atoms with Crippen LogP contribution in [0, 0.1) is 6.92 Å². The molecule has 3 aliphatic rings. The van der Waals surface area contributed by atoms with Crippen molar-refractivity contribution >= 4 is 17.1 Å². The molecule has 6 rings (SSSR count). The van der Waals surface area contributed by atoms with E-state index in [1.807, 2.05) is 19.0 Å². The van der Waals surface area contributed by atoms with Crippen molar-refractivity contribution in [3.63, 3.8) is 0 Å². The van der Waals surface area contributed by atoms with E-state index in [0.29, 0.717) is 18.1 Å². The van der Waals surface area contributed by atoms with Crippen molar-refractivity contribution in [2.75, 3.05) is 33.7 Å². The molecule has 6 heteroatoms. The molecule has 6 nitrogen and oxygen atoms in total. The Kier molecular flexibility index (Phi) is 6.47. The van der Waals surface area contributed by atoms with Gasteiger partial charge in [0.05, 0.1) is 11.0 Å². The molecular weight excluding hydrogens is 458 g/mol. The summed E-state index contributed by atoms with van der Waals surface area (Å²) in [4.78, 5) is 24.1. The number of hydrogen-bond acceptors (Lipinski definition) is 3. The number of rotatable bonds is 5. The maximum absolute atomic E-state index is 12.6. The molecule has 3 aliphatic heterocycles. The highest BCUT2D eigenvalue weighted by atomic mass is 16.2. The average Bonchev–Trinajstić information content (AvgIpc) is 3.38. The van der Waals surface area contributed by atoms with Gasteiger partial charge in [0, 0.05) is 45.3 Å². The van der Waals surface area contributed by atoms with Crippen molar-refractivity contribution in [1.82, 2.24) is 24.3 Å². The van der Waals surface area contributed by atoms with Crippen molar-refractivity contribution in [1.29, 1.82) is 0 Å². The van der Waals surface area contributed by atoms with Gasteiger partial charge >= 0.3 is 6.03 Å². The molecule has 0 spiro atoms. The molecule has 2 amide bonds. The van der Waals surface area contributed by atoms with Gasteiger partial charge in [-0.1, -0.05) is 42.5 Å². The zero-order valence-electron chi connectivity index (χ0n) is 22.6. The summed E-state index contributed by atoms with van der Waals surface area (Å²) in [5.41, 5.74) is 4.02. The fourth-order valence-corrected chi connectivity index (χ4v) is 7.67. The van der Waals surface area contributed by atoms with Crippen molar-refractivity contribution in [2.24, 2.45) is 0 Å². The molecule has 4 heterocycles. The summed E-state index contributed by atoms with van der Waals surface area (Å²) in [6, 6.07) is 21.7. The first kappa shape index (κ1) is 24.5. The van der Waals surface area contributed by atoms with Crippen LogP contribution in [-0.4, -0.2) is 76.1 Å². The third-order valence-corrected chi connectivity index (χ3v) is 9.61. The lowest BCUT2D eigenvalue weighted by Crippen LogP contribution is -2.50. The predicted molar refractivity (Wildman–Crippen MR) is 149 cm³/mol. The third-order valence-electron chi connectivity index (χ3n) is 9.61. The van der Waals surface area contributed by atoms with Crippen LogP contribution in [0.1, 0.15) is 62.4 Å². The first-order valence-corrected chi connectivity index (χ1v) is 14.2. The Labute approximate surface area is 221 Å². The van der Waals surface area contributed by atoms with E-state index in [-0.39, 0.29) is 11.4 Å². The minimum absolute atomic E-state index is 0.143. The van der Waals surface area contributed by atoms with Crippen LogP contribution in [0.25, 0.3) is 11.0 Å². The number of benzene rings is 2. The summed E-state index contributed by atoms with van der Waals surface area (Å²) in [7, 11) is 3.71. The zero-order chi connectivity index (χ0) is 25.6. The van der Waals surface area contributed by atoms with E-state index in [0.717, 1.165) is 43.8 Å². The highest BCUT2D eigenvalue weighted by Crippen LogP contribution is 2.45. The molecular formula is C31H41N5O. The van der Waals surface area contributed by atoms with Gasteiger partial charge in [-0.3, -0.25) is 4.90 Å². The van der Waals surface area contributed by atoms with Gasteiger partial charge in [-0.25, -0.2) is 9.78 Å². The smallest absolute Gasteiger partial charge is 0.319 e. The summed E-state index contributed by atoms with van der Waals surface area (Å²) in [5.74, 6) is 1.15. The summed E-state index contributed by atoms with van der Waals surface area (Å²) < 4.78 is 2.53. The fraction of sp³-hybridized carbons (Fsp3) is 0.548. The van der Waals surface area contributed by atoms with E-state index in [9.17, 15) is 4.79 Å². The number of amides is 2. The molecule has 196 valence electrons. The van der Waals surface area contributed by atoms with E-state index in [1.54, 1.807) is 4.90 Å². The summed E-state index contributed by atoms with van der Waals surface area (Å²) in [6.45, 7) is 5.01. The summed E-state index contributed by atoms with van der Waals surface area (Å²) in [5, 5.41) is 0. The van der Waals surface area contributed by atoms with E-state index >= 15 is 0 Å². The van der Waals surface area contributed by atoms with Gasteiger partial charge in [0.1, 0.15) is 5.82 Å². The molecule has 3 aromatic rings. The molecule has 0 aliphatic carbocycles. The normalized spacial score (nSPS) is 25.5. The monoisotopic (exact) mass is 499 g/mol. The molecule has 1 aromatic heterocycles. The molecule has 3 fully saturated rings. The number of aromatic nitrogens is 2. The van der Waals surface area contributed by atoms with Crippen LogP contribution in [-0.2, 0) is 5.41 Å². The average molecular weight is 500 g/mol. The number of imidazole rings is 1. The molecule has 37 heavy (non-hydrogen) atoms. The Morgan fingerprint density at radius 3 is 2.27 bits per heavy atom. The maximum atomic E-state index is 12.6. The number of piperidine rings is 2. The number of urea groups is 1. The minimum atomic E-state index is 0.143. The summed E-state index contributed by atoms with van der Waals surface area (Å²) >= 11 is 0. The Morgan fingerprint density at radius 1 is 0.946 bits per heavy atom. The molecule has 0 N–H and O–H groups in total. The number of carbonyl (C=O) groups excluding carboxylic acids is 1. The van der Waals surface area contributed by atoms with Crippen LogP contribution in [0.3, 0.4) is 0 Å². The van der Waals surface area contributed by atoms with Gasteiger partial charge in [-0.05, 0) is 81.5 Å². The standard InChI is InChI=1S/C31H41N5O/c1-23-32-28-11-7-8-12-29(28)36(23)27-21-25-13-14-26(22-27)35(25)20-17-31(24-9-5-4-6-10-24)15-18-34(19-16-31)30(37)33(2)3/h4-12,25-27H,13-22H2,1-3H3. The number of aryl methyl sites for hydroxylation is 1. The Balaban J connectivity index is 1.18. The molecule has 2 unspecified atom stereocenters. The second kappa shape index (κ2) is 9.79. The Morgan fingerprint density at radius 2 is 1.59 bits per heavy atom. The third kappa shape index (κ3) is 4.43. The van der Waals surface area contributed by atoms with Crippen molar-refractivity contribution in [2.45, 2.75) is 75.4 Å². The van der Waals surface area contributed by atoms with Crippen molar-refractivity contribution in [3.8, 4) is 0 Å². The number of likely N-dealkylation sites (tertiary alicyclic amines) is 1. The number of carbonyl (C=O) groups is 1. The van der Waals surface area contributed by atoms with Crippen molar-refractivity contribution < 1.29 is 4.79 Å². The molecule has 2 atom stereocenters. The molecule has 3 saturated heterocycles. The first-order valence-electron chi connectivity index (χ1n) is 14.2. The van der Waals surface area contributed by atoms with E-state index < -0.39 is 0 Å². The molecule has 2 aromatic carbocycles. The number of nitrogens with zero attached hydrogens (tertiary/aromatic N) is 5. The topological polar surface area (TPSA) is 44.6 Å². The quantitative estimate of drug-likeness (QED) is 0.458. The first-order chi connectivity index (χ1) is 17.9. The summed E-state index contributed by atoms with van der Waals surface area (Å²) in [6.07, 6.45) is 8.34. The number of hydrogen-bond donors (Lipinski definition) is 0. The van der Waals surface area contributed by atoms with Crippen LogP contribution in [0.4, 0.5) is 4.79 Å². The fourth-order valence-electron chi connectivity index (χ4n) is 7.67. The zero-order valence-corrected chi connectivity index (χ0v) is 22.6. The molecule has 0 radical (unpaired) electrons. The van der Waals surface area contributed by atoms with Gasteiger partial charge in [0.25, 0.3) is 0 Å². The lowest BCUT2D eigenvalue weighted by atomic mass is 9.70. The van der Waals surface area contributed by atoms with Crippen LogP contribution in [0.2, 0.25) is 0 Å². The van der Waals surface area contributed by atoms with Crippen LogP contribution in [0.5, 0.6) is 0 Å². The van der Waals surface area contributed by atoms with Gasteiger partial charge in [0.15, 0.2) is 0 Å². The van der Waals surface area contributed by atoms with Crippen LogP contribution in [0.15, 0.2) is 54.6 Å². The minimum Gasteiger partial charge on any atom is -0.331 e. The van der Waals surface area contributed by atoms with Gasteiger partial charge in [0.2, 0.25) is 0 Å². The highest BCUT2D eigenvalue weighted by Gasteiger charge is 2.44. The number of para-hydroxylation sites is 2. The molecule has 2 bridgehead atoms. The van der Waals surface area contributed by atoms with Gasteiger partial charge < -0.3 is 14.4 Å². The van der Waals surface area contributed by atoms with Crippen molar-refractivity contribution in [3.05, 3.63) is 66.0 Å². The lowest BCUT2D eigenvalue weighted by molar-refractivity contribution is 0.0837. The van der Waals surface area contributed by atoms with Gasteiger partial charge in [-0.2, -0.15) is 0 Å². The molecule has 0 saturated carbocycles. The predicted octanol–water partition coefficient (Wildman–Crippen LogP) is 5.62. The highest BCUT2D eigenvalue weighted by molar-refractivity contribution is 5.76. The maximum Gasteiger partial charge on any atom is 0.319 e. The second-order valence-electron chi connectivity index (χ2n) is 11.8. The largest absolute Gasteiger partial charge is 0.331 e.